The predicted molar refractivity (Wildman–Crippen MR) is 108 cm³/mol. The van der Waals surface area contributed by atoms with Crippen LogP contribution >= 0.6 is 15.9 Å². The maximum Gasteiger partial charge on any atom is 0.248 e. The molecule has 142 valence electrons. The van der Waals surface area contributed by atoms with Crippen molar-refractivity contribution in [2.75, 3.05) is 18.5 Å². The van der Waals surface area contributed by atoms with Gasteiger partial charge in [-0.2, -0.15) is 0 Å². The first-order valence-corrected chi connectivity index (χ1v) is 9.49. The first-order chi connectivity index (χ1) is 13.7. The summed E-state index contributed by atoms with van der Waals surface area (Å²) in [6.07, 6.45) is 4.83. The summed E-state index contributed by atoms with van der Waals surface area (Å²) in [5.41, 5.74) is 2.34. The zero-order valence-electron chi connectivity index (χ0n) is 14.8. The second-order valence-corrected chi connectivity index (χ2v) is 6.98. The van der Waals surface area contributed by atoms with Crippen LogP contribution in [-0.2, 0) is 11.3 Å². The third-order valence-electron chi connectivity index (χ3n) is 4.04. The molecule has 0 saturated heterocycles. The molecule has 0 fully saturated rings. The van der Waals surface area contributed by atoms with Gasteiger partial charge in [0.2, 0.25) is 5.91 Å². The van der Waals surface area contributed by atoms with Gasteiger partial charge in [-0.1, -0.05) is 35.5 Å². The van der Waals surface area contributed by atoms with Crippen LogP contribution in [0.5, 0.6) is 11.5 Å². The van der Waals surface area contributed by atoms with Gasteiger partial charge in [-0.25, -0.2) is 4.68 Å². The van der Waals surface area contributed by atoms with Crippen LogP contribution in [0, 0.1) is 0 Å². The Morgan fingerprint density at radius 2 is 1.93 bits per heavy atom. The first-order valence-electron chi connectivity index (χ1n) is 8.70. The van der Waals surface area contributed by atoms with E-state index >= 15 is 0 Å². The van der Waals surface area contributed by atoms with Gasteiger partial charge in [0, 0.05) is 22.7 Å². The number of anilines is 1. The van der Waals surface area contributed by atoms with E-state index in [9.17, 15) is 4.79 Å². The molecule has 3 aromatic rings. The number of hydrogen-bond donors (Lipinski definition) is 1. The summed E-state index contributed by atoms with van der Waals surface area (Å²) in [6.45, 7) is 1.62. The Bertz CT molecular complexity index is 1020. The fourth-order valence-corrected chi connectivity index (χ4v) is 3.15. The molecule has 28 heavy (non-hydrogen) atoms. The summed E-state index contributed by atoms with van der Waals surface area (Å²) in [5, 5.41) is 11.0. The number of amides is 1. The number of carbonyl (C=O) groups is 1. The van der Waals surface area contributed by atoms with E-state index in [2.05, 4.69) is 31.6 Å². The Labute approximate surface area is 170 Å². The van der Waals surface area contributed by atoms with Crippen molar-refractivity contribution in [3.8, 4) is 11.5 Å². The molecule has 1 amide bonds. The highest BCUT2D eigenvalue weighted by atomic mass is 79.9. The van der Waals surface area contributed by atoms with Crippen LogP contribution in [-0.4, -0.2) is 34.1 Å². The molecule has 0 unspecified atom stereocenters. The number of halogens is 1. The van der Waals surface area contributed by atoms with E-state index in [-0.39, 0.29) is 5.91 Å². The van der Waals surface area contributed by atoms with E-state index in [0.717, 1.165) is 5.56 Å². The Hall–Kier alpha value is -3.13. The Balaban J connectivity index is 1.39. The number of benzene rings is 2. The van der Waals surface area contributed by atoms with Gasteiger partial charge in [0.25, 0.3) is 0 Å². The van der Waals surface area contributed by atoms with Crippen LogP contribution in [0.1, 0.15) is 11.3 Å². The number of nitrogens with one attached hydrogen (secondary N) is 1. The van der Waals surface area contributed by atoms with Gasteiger partial charge >= 0.3 is 0 Å². The lowest BCUT2D eigenvalue weighted by molar-refractivity contribution is -0.111. The van der Waals surface area contributed by atoms with Crippen molar-refractivity contribution in [2.24, 2.45) is 0 Å². The molecule has 1 N–H and O–H groups in total. The lowest BCUT2D eigenvalue weighted by Crippen LogP contribution is -2.16. The van der Waals surface area contributed by atoms with Crippen LogP contribution < -0.4 is 14.8 Å². The number of hydrogen-bond acceptors (Lipinski definition) is 5. The van der Waals surface area contributed by atoms with Crippen molar-refractivity contribution in [3.05, 3.63) is 70.5 Å². The summed E-state index contributed by atoms with van der Waals surface area (Å²) in [5.74, 6) is 0.981. The van der Waals surface area contributed by atoms with Gasteiger partial charge in [0.05, 0.1) is 18.4 Å². The van der Waals surface area contributed by atoms with E-state index < -0.39 is 0 Å². The van der Waals surface area contributed by atoms with Crippen molar-refractivity contribution in [1.29, 1.82) is 0 Å². The lowest BCUT2D eigenvalue weighted by atomic mass is 10.2. The molecule has 1 aromatic heterocycles. The number of nitrogens with zero attached hydrogens (tertiary/aromatic N) is 3. The number of ether oxygens (including phenoxy) is 2. The molecule has 2 heterocycles. The molecule has 1 aliphatic heterocycles. The second kappa shape index (κ2) is 8.26. The minimum absolute atomic E-state index is 0.282. The number of carbonyl (C=O) groups excluding carboxylic acids is 1. The average molecular weight is 441 g/mol. The van der Waals surface area contributed by atoms with Crippen LogP contribution in [0.15, 0.2) is 59.2 Å². The van der Waals surface area contributed by atoms with Crippen LogP contribution in [0.2, 0.25) is 0 Å². The smallest absolute Gasteiger partial charge is 0.248 e. The van der Waals surface area contributed by atoms with Crippen LogP contribution in [0.3, 0.4) is 0 Å². The molecule has 4 rings (SSSR count). The summed E-state index contributed by atoms with van der Waals surface area (Å²) >= 11 is 3.43. The van der Waals surface area contributed by atoms with Gasteiger partial charge in [0.15, 0.2) is 11.5 Å². The molecule has 0 aliphatic carbocycles. The van der Waals surface area contributed by atoms with E-state index in [4.69, 9.17) is 9.47 Å². The molecule has 0 saturated carbocycles. The fourth-order valence-electron chi connectivity index (χ4n) is 2.73. The van der Waals surface area contributed by atoms with Gasteiger partial charge in [-0.3, -0.25) is 4.79 Å². The highest BCUT2D eigenvalue weighted by molar-refractivity contribution is 9.10. The van der Waals surface area contributed by atoms with E-state index in [0.29, 0.717) is 47.1 Å². The molecule has 2 aromatic carbocycles. The third-order valence-corrected chi connectivity index (χ3v) is 4.70. The Kier molecular flexibility index (Phi) is 5.38. The first kappa shape index (κ1) is 18.2. The minimum Gasteiger partial charge on any atom is -0.486 e. The molecule has 0 bridgehead atoms. The highest BCUT2D eigenvalue weighted by Crippen LogP contribution is 2.38. The van der Waals surface area contributed by atoms with Gasteiger partial charge < -0.3 is 14.8 Å². The molecule has 0 radical (unpaired) electrons. The van der Waals surface area contributed by atoms with Crippen molar-refractivity contribution < 1.29 is 14.3 Å². The topological polar surface area (TPSA) is 78.3 Å². The van der Waals surface area contributed by atoms with Crippen molar-refractivity contribution in [3.63, 3.8) is 0 Å². The monoisotopic (exact) mass is 440 g/mol. The number of fused-ring (bicyclic) bond motifs is 1. The molecule has 7 nitrogen and oxygen atoms in total. The quantitative estimate of drug-likeness (QED) is 0.614. The fraction of sp³-hybridized carbons (Fsp3) is 0.150. The van der Waals surface area contributed by atoms with Crippen molar-refractivity contribution in [2.45, 2.75) is 6.54 Å². The summed E-state index contributed by atoms with van der Waals surface area (Å²) in [6, 6.07) is 13.5. The van der Waals surface area contributed by atoms with Crippen molar-refractivity contribution >= 4 is 33.6 Å². The largest absolute Gasteiger partial charge is 0.486 e. The second-order valence-electron chi connectivity index (χ2n) is 6.12. The van der Waals surface area contributed by atoms with Gasteiger partial charge in [-0.15, -0.1) is 5.10 Å². The van der Waals surface area contributed by atoms with E-state index in [1.807, 2.05) is 30.3 Å². The normalized spacial score (nSPS) is 12.9. The zero-order valence-corrected chi connectivity index (χ0v) is 16.4. The average Bonchev–Trinajstić information content (AvgIpc) is 3.15. The molecule has 0 spiro atoms. The van der Waals surface area contributed by atoms with Crippen LogP contribution in [0.4, 0.5) is 5.69 Å². The Morgan fingerprint density at radius 1 is 1.18 bits per heavy atom. The van der Waals surface area contributed by atoms with Crippen molar-refractivity contribution in [1.82, 2.24) is 15.0 Å². The minimum atomic E-state index is -0.282. The molecule has 1 aliphatic rings. The van der Waals surface area contributed by atoms with Crippen LogP contribution in [0.25, 0.3) is 6.08 Å². The Morgan fingerprint density at radius 3 is 2.71 bits per heavy atom. The molecule has 8 heteroatoms. The standard InChI is InChI=1S/C20H17BrN4O3/c21-16-10-18-19(28-9-8-27-18)11-17(16)22-20(26)7-6-15-13-25(24-23-15)12-14-4-2-1-3-5-14/h1-7,10-11,13H,8-9,12H2,(H,22,26)/b7-6+. The molecule has 0 atom stereocenters. The summed E-state index contributed by atoms with van der Waals surface area (Å²) in [7, 11) is 0. The maximum atomic E-state index is 12.3. The number of aromatic nitrogens is 3. The summed E-state index contributed by atoms with van der Waals surface area (Å²) in [4.78, 5) is 12.3. The highest BCUT2D eigenvalue weighted by Gasteiger charge is 2.15. The summed E-state index contributed by atoms with van der Waals surface area (Å²) < 4.78 is 13.5. The maximum absolute atomic E-state index is 12.3. The van der Waals surface area contributed by atoms with Gasteiger partial charge in [-0.05, 0) is 27.6 Å². The lowest BCUT2D eigenvalue weighted by Gasteiger charge is -2.19. The van der Waals surface area contributed by atoms with Gasteiger partial charge in [0.1, 0.15) is 18.9 Å². The SMILES string of the molecule is O=C(/C=C/c1cn(Cc2ccccc2)nn1)Nc1cc2c(cc1Br)OCCO2. The molecular weight excluding hydrogens is 424 g/mol. The number of rotatable bonds is 5. The van der Waals surface area contributed by atoms with E-state index in [1.54, 1.807) is 29.1 Å². The predicted octanol–water partition coefficient (Wildman–Crippen LogP) is 3.51. The van der Waals surface area contributed by atoms with E-state index in [1.165, 1.54) is 6.08 Å². The third kappa shape index (κ3) is 4.40. The zero-order chi connectivity index (χ0) is 19.3. The molecular formula is C20H17BrN4O3.